The Morgan fingerprint density at radius 2 is 1.48 bits per heavy atom. The van der Waals surface area contributed by atoms with Crippen molar-refractivity contribution in [1.29, 1.82) is 0 Å². The molecular formula is C25H26N2O2. The van der Waals surface area contributed by atoms with Crippen LogP contribution in [0, 0.1) is 0 Å². The van der Waals surface area contributed by atoms with Gasteiger partial charge in [-0.05, 0) is 37.1 Å². The minimum absolute atomic E-state index is 0.131. The Bertz CT molecular complexity index is 877. The summed E-state index contributed by atoms with van der Waals surface area (Å²) in [5.74, 6) is 0.823. The lowest BCUT2D eigenvalue weighted by molar-refractivity contribution is -0.105. The summed E-state index contributed by atoms with van der Waals surface area (Å²) in [7, 11) is 1.96. The van der Waals surface area contributed by atoms with E-state index >= 15 is 0 Å². The van der Waals surface area contributed by atoms with Gasteiger partial charge in [-0.3, -0.25) is 5.01 Å². The van der Waals surface area contributed by atoms with E-state index < -0.39 is 0 Å². The maximum atomic E-state index is 5.93. The third kappa shape index (κ3) is 5.04. The van der Waals surface area contributed by atoms with Crippen LogP contribution in [0.1, 0.15) is 30.4 Å². The molecule has 1 saturated heterocycles. The van der Waals surface area contributed by atoms with Crippen molar-refractivity contribution in [3.05, 3.63) is 96.1 Å². The van der Waals surface area contributed by atoms with E-state index in [0.29, 0.717) is 0 Å². The Kier molecular flexibility index (Phi) is 6.22. The predicted octanol–water partition coefficient (Wildman–Crippen LogP) is 5.48. The van der Waals surface area contributed by atoms with Crippen molar-refractivity contribution in [2.24, 2.45) is 5.10 Å². The van der Waals surface area contributed by atoms with Gasteiger partial charge in [0.2, 0.25) is 0 Å². The van der Waals surface area contributed by atoms with E-state index in [9.17, 15) is 0 Å². The molecule has 4 heteroatoms. The Morgan fingerprint density at radius 3 is 2.03 bits per heavy atom. The first-order chi connectivity index (χ1) is 14.3. The molecule has 1 fully saturated rings. The smallest absolute Gasteiger partial charge is 0.199 e. The van der Waals surface area contributed by atoms with E-state index in [-0.39, 0.29) is 6.29 Å². The second-order valence-electron chi connectivity index (χ2n) is 7.11. The fourth-order valence-electron chi connectivity index (χ4n) is 3.38. The molecule has 3 aromatic rings. The Labute approximate surface area is 172 Å². The molecule has 0 aliphatic carbocycles. The van der Waals surface area contributed by atoms with Gasteiger partial charge in [0.05, 0.1) is 18.0 Å². The van der Waals surface area contributed by atoms with Crippen LogP contribution in [0.3, 0.4) is 0 Å². The summed E-state index contributed by atoms with van der Waals surface area (Å²) in [6, 6.07) is 28.5. The van der Waals surface area contributed by atoms with Gasteiger partial charge in [-0.1, -0.05) is 60.7 Å². The SMILES string of the molecule is CN(N=C(c1ccccc1)c1ccccc1)c1ccc(O[C@@H]2CCCCO2)cc1. The zero-order valence-electron chi connectivity index (χ0n) is 16.7. The fraction of sp³-hybridized carbons (Fsp3) is 0.240. The lowest BCUT2D eigenvalue weighted by atomic mass is 10.0. The molecule has 4 rings (SSSR count). The van der Waals surface area contributed by atoms with E-state index in [1.165, 1.54) is 0 Å². The molecule has 0 saturated carbocycles. The van der Waals surface area contributed by atoms with Crippen molar-refractivity contribution in [3.8, 4) is 5.75 Å². The van der Waals surface area contributed by atoms with Crippen LogP contribution in [0.2, 0.25) is 0 Å². The van der Waals surface area contributed by atoms with Crippen LogP contribution >= 0.6 is 0 Å². The van der Waals surface area contributed by atoms with Gasteiger partial charge in [-0.25, -0.2) is 0 Å². The van der Waals surface area contributed by atoms with Crippen LogP contribution in [0.4, 0.5) is 5.69 Å². The second kappa shape index (κ2) is 9.39. The standard InChI is InChI=1S/C25H26N2O2/c1-27(22-15-17-23(18-16-22)29-24-14-8-9-19-28-24)26-25(20-10-4-2-5-11-20)21-12-6-3-7-13-21/h2-7,10-13,15-18,24H,8-9,14,19H2,1H3/t24-/m1/s1. The average molecular weight is 386 g/mol. The zero-order chi connectivity index (χ0) is 19.9. The third-order valence-electron chi connectivity index (χ3n) is 4.96. The number of hydrogen-bond donors (Lipinski definition) is 0. The fourth-order valence-corrected chi connectivity index (χ4v) is 3.38. The van der Waals surface area contributed by atoms with Crippen molar-refractivity contribution < 1.29 is 9.47 Å². The highest BCUT2D eigenvalue weighted by molar-refractivity contribution is 6.13. The first-order valence-corrected chi connectivity index (χ1v) is 10.1. The van der Waals surface area contributed by atoms with Crippen molar-refractivity contribution in [2.75, 3.05) is 18.7 Å². The van der Waals surface area contributed by atoms with Crippen molar-refractivity contribution in [3.63, 3.8) is 0 Å². The highest BCUT2D eigenvalue weighted by atomic mass is 16.7. The molecule has 1 aliphatic heterocycles. The van der Waals surface area contributed by atoms with Crippen LogP contribution < -0.4 is 9.75 Å². The van der Waals surface area contributed by atoms with Gasteiger partial charge in [0.1, 0.15) is 5.75 Å². The lowest BCUT2D eigenvalue weighted by Crippen LogP contribution is -2.24. The molecule has 0 N–H and O–H groups in total. The summed E-state index contributed by atoms with van der Waals surface area (Å²) in [4.78, 5) is 0. The van der Waals surface area contributed by atoms with Crippen LogP contribution in [-0.4, -0.2) is 25.7 Å². The van der Waals surface area contributed by atoms with E-state index in [1.54, 1.807) is 0 Å². The summed E-state index contributed by atoms with van der Waals surface area (Å²) >= 11 is 0. The van der Waals surface area contributed by atoms with E-state index in [2.05, 4.69) is 24.3 Å². The van der Waals surface area contributed by atoms with E-state index in [4.69, 9.17) is 14.6 Å². The number of nitrogens with zero attached hydrogens (tertiary/aromatic N) is 2. The number of rotatable bonds is 6. The quantitative estimate of drug-likeness (QED) is 0.415. The first kappa shape index (κ1) is 19.2. The molecule has 0 unspecified atom stereocenters. The lowest BCUT2D eigenvalue weighted by Gasteiger charge is -2.23. The van der Waals surface area contributed by atoms with Gasteiger partial charge in [-0.2, -0.15) is 5.10 Å². The summed E-state index contributed by atoms with van der Waals surface area (Å²) in [5.41, 5.74) is 4.09. The zero-order valence-corrected chi connectivity index (χ0v) is 16.7. The highest BCUT2D eigenvalue weighted by Crippen LogP contribution is 2.23. The molecule has 1 aliphatic rings. The normalized spacial score (nSPS) is 16.1. The molecule has 0 bridgehead atoms. The largest absolute Gasteiger partial charge is 0.465 e. The van der Waals surface area contributed by atoms with Crippen LogP contribution in [-0.2, 0) is 4.74 Å². The van der Waals surface area contributed by atoms with Gasteiger partial charge in [0, 0.05) is 24.6 Å². The summed E-state index contributed by atoms with van der Waals surface area (Å²) in [6.45, 7) is 0.780. The van der Waals surface area contributed by atoms with E-state index in [0.717, 1.165) is 54.1 Å². The average Bonchev–Trinajstić information content (AvgIpc) is 2.80. The predicted molar refractivity (Wildman–Crippen MR) is 118 cm³/mol. The molecule has 3 aromatic carbocycles. The minimum atomic E-state index is -0.131. The third-order valence-corrected chi connectivity index (χ3v) is 4.96. The molecule has 4 nitrogen and oxygen atoms in total. The topological polar surface area (TPSA) is 34.1 Å². The van der Waals surface area contributed by atoms with Crippen LogP contribution in [0.5, 0.6) is 5.75 Å². The minimum Gasteiger partial charge on any atom is -0.465 e. The number of ether oxygens (including phenoxy) is 2. The highest BCUT2D eigenvalue weighted by Gasteiger charge is 2.15. The maximum absolute atomic E-state index is 5.93. The number of hydrogen-bond acceptors (Lipinski definition) is 4. The summed E-state index contributed by atoms with van der Waals surface area (Å²) in [5, 5.41) is 6.82. The first-order valence-electron chi connectivity index (χ1n) is 10.1. The molecule has 29 heavy (non-hydrogen) atoms. The van der Waals surface area contributed by atoms with Crippen molar-refractivity contribution >= 4 is 11.4 Å². The van der Waals surface area contributed by atoms with Crippen LogP contribution in [0.25, 0.3) is 0 Å². The van der Waals surface area contributed by atoms with Gasteiger partial charge < -0.3 is 9.47 Å². The Balaban J connectivity index is 1.55. The molecule has 1 atom stereocenters. The van der Waals surface area contributed by atoms with Gasteiger partial charge >= 0.3 is 0 Å². The Morgan fingerprint density at radius 1 is 0.862 bits per heavy atom. The van der Waals surface area contributed by atoms with Gasteiger partial charge in [0.25, 0.3) is 0 Å². The second-order valence-corrected chi connectivity index (χ2v) is 7.11. The summed E-state index contributed by atoms with van der Waals surface area (Å²) < 4.78 is 11.6. The molecule has 1 heterocycles. The summed E-state index contributed by atoms with van der Waals surface area (Å²) in [6.07, 6.45) is 3.09. The Hall–Kier alpha value is -3.11. The number of hydrazone groups is 1. The molecule has 0 amide bonds. The molecule has 0 radical (unpaired) electrons. The molecule has 0 aromatic heterocycles. The molecule has 0 spiro atoms. The van der Waals surface area contributed by atoms with Crippen molar-refractivity contribution in [1.82, 2.24) is 0 Å². The number of benzene rings is 3. The maximum Gasteiger partial charge on any atom is 0.199 e. The van der Waals surface area contributed by atoms with Gasteiger partial charge in [-0.15, -0.1) is 0 Å². The van der Waals surface area contributed by atoms with Gasteiger partial charge in [0.15, 0.2) is 6.29 Å². The van der Waals surface area contributed by atoms with Crippen molar-refractivity contribution in [2.45, 2.75) is 25.6 Å². The van der Waals surface area contributed by atoms with Crippen LogP contribution in [0.15, 0.2) is 90.0 Å². The van der Waals surface area contributed by atoms with E-state index in [1.807, 2.05) is 72.7 Å². The number of anilines is 1. The molecule has 148 valence electrons. The molecular weight excluding hydrogens is 360 g/mol. The monoisotopic (exact) mass is 386 g/mol.